The molecule has 0 amide bonds. The summed E-state index contributed by atoms with van der Waals surface area (Å²) < 4.78 is 6.84. The van der Waals surface area contributed by atoms with Crippen LogP contribution in [0, 0.1) is 0 Å². The second-order valence-corrected chi connectivity index (χ2v) is 5.21. The molecule has 0 fully saturated rings. The van der Waals surface area contributed by atoms with Crippen molar-refractivity contribution >= 4 is 10.9 Å². The molecule has 0 N–H and O–H groups in total. The number of rotatable bonds is 4. The van der Waals surface area contributed by atoms with E-state index in [4.69, 9.17) is 4.74 Å². The molecule has 0 spiro atoms. The summed E-state index contributed by atoms with van der Waals surface area (Å²) in [6.45, 7) is 1.99. The molecule has 1 aromatic carbocycles. The lowest BCUT2D eigenvalue weighted by Crippen LogP contribution is -2.25. The number of hydrogen-bond acceptors (Lipinski definition) is 4. The molecule has 2 aromatic heterocycles. The zero-order valence-corrected chi connectivity index (χ0v) is 12.6. The Kier molecular flexibility index (Phi) is 3.87. The molecule has 5 heteroatoms. The van der Waals surface area contributed by atoms with Gasteiger partial charge in [-0.1, -0.05) is 6.07 Å². The van der Waals surface area contributed by atoms with Gasteiger partial charge in [0.15, 0.2) is 0 Å². The molecule has 0 aliphatic carbocycles. The summed E-state index contributed by atoms with van der Waals surface area (Å²) in [7, 11) is 1.58. The van der Waals surface area contributed by atoms with Gasteiger partial charge in [0.25, 0.3) is 5.56 Å². The molecule has 5 nitrogen and oxygen atoms in total. The van der Waals surface area contributed by atoms with Crippen molar-refractivity contribution in [2.75, 3.05) is 7.11 Å². The Morgan fingerprint density at radius 3 is 2.82 bits per heavy atom. The van der Waals surface area contributed by atoms with Gasteiger partial charge >= 0.3 is 0 Å². The molecule has 112 valence electrons. The van der Waals surface area contributed by atoms with Gasteiger partial charge in [-0.2, -0.15) is 0 Å². The molecule has 3 aromatic rings. The van der Waals surface area contributed by atoms with Crippen LogP contribution in [0.5, 0.6) is 5.75 Å². The van der Waals surface area contributed by atoms with Crippen LogP contribution in [0.4, 0.5) is 0 Å². The van der Waals surface area contributed by atoms with E-state index in [2.05, 4.69) is 9.97 Å². The number of benzene rings is 1. The Hall–Kier alpha value is -2.69. The summed E-state index contributed by atoms with van der Waals surface area (Å²) in [6, 6.07) is 11.1. The van der Waals surface area contributed by atoms with Crippen molar-refractivity contribution in [3.8, 4) is 5.75 Å². The van der Waals surface area contributed by atoms with E-state index in [1.54, 1.807) is 42.4 Å². The highest BCUT2D eigenvalue weighted by atomic mass is 16.5. The molecular weight excluding hydrogens is 278 g/mol. The predicted molar refractivity (Wildman–Crippen MR) is 85.2 cm³/mol. The van der Waals surface area contributed by atoms with E-state index in [-0.39, 0.29) is 11.6 Å². The van der Waals surface area contributed by atoms with Gasteiger partial charge in [-0.25, -0.2) is 4.98 Å². The van der Waals surface area contributed by atoms with Crippen molar-refractivity contribution in [2.45, 2.75) is 19.4 Å². The van der Waals surface area contributed by atoms with Gasteiger partial charge in [0.1, 0.15) is 5.75 Å². The topological polar surface area (TPSA) is 57.0 Å². The second kappa shape index (κ2) is 5.97. The summed E-state index contributed by atoms with van der Waals surface area (Å²) >= 11 is 0. The number of nitrogens with zero attached hydrogens (tertiary/aromatic N) is 3. The first kappa shape index (κ1) is 14.3. The monoisotopic (exact) mass is 295 g/mol. The molecule has 0 aliphatic heterocycles. The van der Waals surface area contributed by atoms with Crippen molar-refractivity contribution < 1.29 is 4.74 Å². The largest absolute Gasteiger partial charge is 0.497 e. The van der Waals surface area contributed by atoms with Gasteiger partial charge in [0.2, 0.25) is 0 Å². The number of ether oxygens (including phenoxy) is 1. The van der Waals surface area contributed by atoms with E-state index in [1.807, 2.05) is 25.1 Å². The van der Waals surface area contributed by atoms with Crippen LogP contribution in [0.3, 0.4) is 0 Å². The third kappa shape index (κ3) is 2.70. The van der Waals surface area contributed by atoms with Gasteiger partial charge in [0.05, 0.1) is 24.3 Å². The minimum absolute atomic E-state index is 0.0227. The Morgan fingerprint density at radius 1 is 1.23 bits per heavy atom. The molecular formula is C17H17N3O2. The maximum absolute atomic E-state index is 12.7. The SMILES string of the molecule is COc1ccc2ncn(C(C)Cc3ccccn3)c(=O)c2c1. The van der Waals surface area contributed by atoms with Gasteiger partial charge in [-0.3, -0.25) is 14.3 Å². The molecule has 3 rings (SSSR count). The van der Waals surface area contributed by atoms with E-state index in [0.717, 1.165) is 5.69 Å². The lowest BCUT2D eigenvalue weighted by molar-refractivity contribution is 0.415. The van der Waals surface area contributed by atoms with Crippen LogP contribution < -0.4 is 10.3 Å². The second-order valence-electron chi connectivity index (χ2n) is 5.21. The summed E-state index contributed by atoms with van der Waals surface area (Å²) in [5, 5.41) is 0.565. The quantitative estimate of drug-likeness (QED) is 0.742. The summed E-state index contributed by atoms with van der Waals surface area (Å²) in [4.78, 5) is 21.4. The maximum atomic E-state index is 12.7. The van der Waals surface area contributed by atoms with Crippen LogP contribution in [0.1, 0.15) is 18.7 Å². The summed E-state index contributed by atoms with van der Waals surface area (Å²) in [5.41, 5.74) is 1.56. The van der Waals surface area contributed by atoms with E-state index in [0.29, 0.717) is 23.1 Å². The van der Waals surface area contributed by atoms with E-state index in [9.17, 15) is 4.79 Å². The average Bonchev–Trinajstić information content (AvgIpc) is 2.56. The van der Waals surface area contributed by atoms with Gasteiger partial charge in [-0.05, 0) is 37.3 Å². The fraction of sp³-hybridized carbons (Fsp3) is 0.235. The highest BCUT2D eigenvalue weighted by molar-refractivity contribution is 5.78. The van der Waals surface area contributed by atoms with E-state index < -0.39 is 0 Å². The zero-order valence-electron chi connectivity index (χ0n) is 12.6. The molecule has 2 heterocycles. The average molecular weight is 295 g/mol. The van der Waals surface area contributed by atoms with Crippen molar-refractivity contribution in [3.05, 3.63) is 65.0 Å². The zero-order chi connectivity index (χ0) is 15.5. The summed E-state index contributed by atoms with van der Waals surface area (Å²) in [6.07, 6.45) is 4.04. The standard InChI is InChI=1S/C17H17N3O2/c1-12(9-13-5-3-4-8-18-13)20-11-19-16-7-6-14(22-2)10-15(16)17(20)21/h3-8,10-12H,9H2,1-2H3. The lowest BCUT2D eigenvalue weighted by atomic mass is 10.1. The first-order valence-electron chi connectivity index (χ1n) is 7.14. The number of methoxy groups -OCH3 is 1. The van der Waals surface area contributed by atoms with Crippen LogP contribution in [0.25, 0.3) is 10.9 Å². The Labute approximate surface area is 128 Å². The first-order chi connectivity index (χ1) is 10.7. The number of pyridine rings is 1. The van der Waals surface area contributed by atoms with Gasteiger partial charge < -0.3 is 4.74 Å². The fourth-order valence-corrected chi connectivity index (χ4v) is 2.48. The smallest absolute Gasteiger partial charge is 0.261 e. The van der Waals surface area contributed by atoms with Crippen LogP contribution >= 0.6 is 0 Å². The van der Waals surface area contributed by atoms with Crippen LogP contribution in [-0.2, 0) is 6.42 Å². The molecule has 0 bridgehead atoms. The Bertz CT molecular complexity index is 843. The number of aromatic nitrogens is 3. The normalized spacial score (nSPS) is 12.3. The molecule has 0 saturated carbocycles. The number of fused-ring (bicyclic) bond motifs is 1. The lowest BCUT2D eigenvalue weighted by Gasteiger charge is -2.15. The molecule has 22 heavy (non-hydrogen) atoms. The maximum Gasteiger partial charge on any atom is 0.261 e. The Balaban J connectivity index is 2.00. The number of hydrogen-bond donors (Lipinski definition) is 0. The van der Waals surface area contributed by atoms with Crippen molar-refractivity contribution in [3.63, 3.8) is 0 Å². The molecule has 1 atom stereocenters. The van der Waals surface area contributed by atoms with E-state index >= 15 is 0 Å². The molecule has 0 radical (unpaired) electrons. The van der Waals surface area contributed by atoms with Crippen molar-refractivity contribution in [1.82, 2.24) is 14.5 Å². The first-order valence-corrected chi connectivity index (χ1v) is 7.14. The van der Waals surface area contributed by atoms with Crippen LogP contribution in [0.15, 0.2) is 53.7 Å². The van der Waals surface area contributed by atoms with Gasteiger partial charge in [0, 0.05) is 24.4 Å². The third-order valence-electron chi connectivity index (χ3n) is 3.70. The minimum atomic E-state index is -0.0627. The predicted octanol–water partition coefficient (Wildman–Crippen LogP) is 2.60. The highest BCUT2D eigenvalue weighted by Crippen LogP contribution is 2.17. The van der Waals surface area contributed by atoms with Crippen molar-refractivity contribution in [2.24, 2.45) is 0 Å². The molecule has 1 unspecified atom stereocenters. The van der Waals surface area contributed by atoms with Crippen LogP contribution in [-0.4, -0.2) is 21.6 Å². The van der Waals surface area contributed by atoms with Gasteiger partial charge in [-0.15, -0.1) is 0 Å². The van der Waals surface area contributed by atoms with E-state index in [1.165, 1.54) is 0 Å². The minimum Gasteiger partial charge on any atom is -0.497 e. The molecule has 0 aliphatic rings. The summed E-state index contributed by atoms with van der Waals surface area (Å²) in [5.74, 6) is 0.654. The third-order valence-corrected chi connectivity index (χ3v) is 3.70. The fourth-order valence-electron chi connectivity index (χ4n) is 2.48. The molecule has 0 saturated heterocycles. The van der Waals surface area contributed by atoms with Crippen LogP contribution in [0.2, 0.25) is 0 Å². The van der Waals surface area contributed by atoms with Crippen molar-refractivity contribution in [1.29, 1.82) is 0 Å². The Morgan fingerprint density at radius 2 is 2.09 bits per heavy atom. The highest BCUT2D eigenvalue weighted by Gasteiger charge is 2.12.